The minimum atomic E-state index is -0.441. The lowest BCUT2D eigenvalue weighted by molar-refractivity contribution is -0.384. The molecule has 2 aromatic carbocycles. The highest BCUT2D eigenvalue weighted by Gasteiger charge is 2.13. The molecule has 0 radical (unpaired) electrons. The summed E-state index contributed by atoms with van der Waals surface area (Å²) in [5.74, 6) is 0. The maximum absolute atomic E-state index is 10.8. The van der Waals surface area contributed by atoms with Crippen LogP contribution >= 0.6 is 11.6 Å². The van der Waals surface area contributed by atoms with Crippen molar-refractivity contribution in [2.45, 2.75) is 6.54 Å². The third-order valence-electron chi connectivity index (χ3n) is 3.08. The van der Waals surface area contributed by atoms with E-state index in [0.29, 0.717) is 17.3 Å². The fraction of sp³-hybridized carbons (Fsp3) is 0.0714. The van der Waals surface area contributed by atoms with Crippen LogP contribution in [0.4, 0.5) is 5.69 Å². The van der Waals surface area contributed by atoms with Crippen LogP contribution in [-0.4, -0.2) is 14.5 Å². The van der Waals surface area contributed by atoms with E-state index < -0.39 is 4.92 Å². The number of hydrogen-bond donors (Lipinski definition) is 0. The van der Waals surface area contributed by atoms with Crippen LogP contribution in [-0.2, 0) is 6.54 Å². The number of benzene rings is 2. The number of fused-ring (bicyclic) bond motifs is 1. The average Bonchev–Trinajstić information content (AvgIpc) is 2.75. The second-order valence-corrected chi connectivity index (χ2v) is 4.72. The summed E-state index contributed by atoms with van der Waals surface area (Å²) in [6.45, 7) is 0.577. The van der Waals surface area contributed by atoms with Crippen molar-refractivity contribution < 1.29 is 4.92 Å². The molecule has 0 spiro atoms. The molecular formula is C14H10ClN3O2. The second-order valence-electron chi connectivity index (χ2n) is 4.38. The van der Waals surface area contributed by atoms with Crippen molar-refractivity contribution in [3.05, 3.63) is 69.5 Å². The lowest BCUT2D eigenvalue weighted by Gasteiger charge is -2.05. The minimum Gasteiger partial charge on any atom is -0.310 e. The molecule has 0 aliphatic heterocycles. The number of nitrogens with zero attached hydrogens (tertiary/aromatic N) is 3. The van der Waals surface area contributed by atoms with Crippen LogP contribution in [0, 0.1) is 10.1 Å². The van der Waals surface area contributed by atoms with Gasteiger partial charge >= 0.3 is 0 Å². The van der Waals surface area contributed by atoms with E-state index in [0.717, 1.165) is 11.1 Å². The van der Waals surface area contributed by atoms with E-state index in [4.69, 9.17) is 11.6 Å². The first kappa shape index (κ1) is 12.6. The SMILES string of the molecule is O=[N+]([O-])c1ccc2c(c1)nc(Cl)n2Cc1ccccc1. The molecule has 100 valence electrons. The van der Waals surface area contributed by atoms with Crippen LogP contribution in [0.1, 0.15) is 5.56 Å². The van der Waals surface area contributed by atoms with Gasteiger partial charge in [-0.1, -0.05) is 30.3 Å². The third kappa shape index (κ3) is 2.23. The third-order valence-corrected chi connectivity index (χ3v) is 3.37. The van der Waals surface area contributed by atoms with Crippen LogP contribution < -0.4 is 0 Å². The zero-order valence-corrected chi connectivity index (χ0v) is 11.1. The second kappa shape index (κ2) is 4.94. The van der Waals surface area contributed by atoms with Gasteiger partial charge in [0.15, 0.2) is 0 Å². The predicted octanol–water partition coefficient (Wildman–Crippen LogP) is 3.65. The molecule has 0 bridgehead atoms. The van der Waals surface area contributed by atoms with E-state index in [1.54, 1.807) is 6.07 Å². The Hall–Kier alpha value is -2.40. The normalized spacial score (nSPS) is 10.8. The van der Waals surface area contributed by atoms with Crippen molar-refractivity contribution in [2.24, 2.45) is 0 Å². The van der Waals surface area contributed by atoms with Gasteiger partial charge in [0.05, 0.1) is 22.5 Å². The summed E-state index contributed by atoms with van der Waals surface area (Å²) >= 11 is 6.13. The highest BCUT2D eigenvalue weighted by molar-refractivity contribution is 6.29. The van der Waals surface area contributed by atoms with Gasteiger partial charge in [-0.15, -0.1) is 0 Å². The summed E-state index contributed by atoms with van der Waals surface area (Å²) in [6.07, 6.45) is 0. The first-order valence-electron chi connectivity index (χ1n) is 5.99. The van der Waals surface area contributed by atoms with E-state index >= 15 is 0 Å². The van der Waals surface area contributed by atoms with Crippen LogP contribution in [0.2, 0.25) is 5.28 Å². The molecule has 0 atom stereocenters. The van der Waals surface area contributed by atoms with E-state index in [1.165, 1.54) is 12.1 Å². The fourth-order valence-electron chi connectivity index (χ4n) is 2.12. The van der Waals surface area contributed by atoms with Gasteiger partial charge in [-0.2, -0.15) is 0 Å². The van der Waals surface area contributed by atoms with Crippen LogP contribution in [0.3, 0.4) is 0 Å². The van der Waals surface area contributed by atoms with Crippen molar-refractivity contribution in [3.63, 3.8) is 0 Å². The number of imidazole rings is 1. The Morgan fingerprint density at radius 2 is 1.95 bits per heavy atom. The largest absolute Gasteiger partial charge is 0.310 e. The number of nitro groups is 1. The summed E-state index contributed by atoms with van der Waals surface area (Å²) in [5, 5.41) is 11.1. The molecule has 5 nitrogen and oxygen atoms in total. The van der Waals surface area contributed by atoms with Gasteiger partial charge in [0.1, 0.15) is 0 Å². The number of nitro benzene ring substituents is 1. The molecule has 0 saturated heterocycles. The monoisotopic (exact) mass is 287 g/mol. The molecule has 6 heteroatoms. The number of aromatic nitrogens is 2. The van der Waals surface area contributed by atoms with Crippen LogP contribution in [0.25, 0.3) is 11.0 Å². The molecule has 0 saturated carbocycles. The first-order chi connectivity index (χ1) is 9.65. The highest BCUT2D eigenvalue weighted by atomic mass is 35.5. The molecule has 0 fully saturated rings. The van der Waals surface area contributed by atoms with Gasteiger partial charge in [0, 0.05) is 12.1 Å². The van der Waals surface area contributed by atoms with E-state index in [1.807, 2.05) is 34.9 Å². The van der Waals surface area contributed by atoms with Crippen molar-refractivity contribution >= 4 is 28.3 Å². The van der Waals surface area contributed by atoms with Crippen molar-refractivity contribution in [3.8, 4) is 0 Å². The Balaban J connectivity index is 2.07. The fourth-order valence-corrected chi connectivity index (χ4v) is 2.36. The minimum absolute atomic E-state index is 0.0125. The zero-order chi connectivity index (χ0) is 14.1. The molecule has 3 aromatic rings. The highest BCUT2D eigenvalue weighted by Crippen LogP contribution is 2.25. The summed E-state index contributed by atoms with van der Waals surface area (Å²) in [5.41, 5.74) is 2.41. The smallest absolute Gasteiger partial charge is 0.271 e. The number of non-ortho nitro benzene ring substituents is 1. The Morgan fingerprint density at radius 3 is 2.65 bits per heavy atom. The van der Waals surface area contributed by atoms with Crippen molar-refractivity contribution in [1.82, 2.24) is 9.55 Å². The molecule has 20 heavy (non-hydrogen) atoms. The molecular weight excluding hydrogens is 278 g/mol. The molecule has 0 aliphatic rings. The quantitative estimate of drug-likeness (QED) is 0.546. The van der Waals surface area contributed by atoms with Gasteiger partial charge in [-0.25, -0.2) is 4.98 Å². The Morgan fingerprint density at radius 1 is 1.20 bits per heavy atom. The van der Waals surface area contributed by atoms with Crippen molar-refractivity contribution in [2.75, 3.05) is 0 Å². The van der Waals surface area contributed by atoms with Gasteiger partial charge in [0.25, 0.3) is 5.69 Å². The Labute approximate surface area is 119 Å². The lowest BCUT2D eigenvalue weighted by Crippen LogP contribution is -1.99. The number of halogens is 1. The van der Waals surface area contributed by atoms with E-state index in [9.17, 15) is 10.1 Å². The predicted molar refractivity (Wildman–Crippen MR) is 76.9 cm³/mol. The lowest BCUT2D eigenvalue weighted by atomic mass is 10.2. The molecule has 0 aliphatic carbocycles. The van der Waals surface area contributed by atoms with Crippen molar-refractivity contribution in [1.29, 1.82) is 0 Å². The standard InChI is InChI=1S/C14H10ClN3O2/c15-14-16-12-8-11(18(19)20)6-7-13(12)17(14)9-10-4-2-1-3-5-10/h1-8H,9H2. The van der Waals surface area contributed by atoms with Gasteiger partial charge in [0.2, 0.25) is 5.28 Å². The topological polar surface area (TPSA) is 61.0 Å². The molecule has 3 rings (SSSR count). The maximum Gasteiger partial charge on any atom is 0.271 e. The number of hydrogen-bond acceptors (Lipinski definition) is 3. The molecule has 0 unspecified atom stereocenters. The van der Waals surface area contributed by atoms with Gasteiger partial charge < -0.3 is 4.57 Å². The maximum atomic E-state index is 10.8. The average molecular weight is 288 g/mol. The zero-order valence-electron chi connectivity index (χ0n) is 10.4. The van der Waals surface area contributed by atoms with Gasteiger partial charge in [-0.3, -0.25) is 10.1 Å². The van der Waals surface area contributed by atoms with E-state index in [2.05, 4.69) is 4.98 Å². The summed E-state index contributed by atoms with van der Waals surface area (Å²) in [6, 6.07) is 14.4. The van der Waals surface area contributed by atoms with Crippen LogP contribution in [0.5, 0.6) is 0 Å². The number of rotatable bonds is 3. The first-order valence-corrected chi connectivity index (χ1v) is 6.37. The Kier molecular flexibility index (Phi) is 3.12. The molecule has 1 aromatic heterocycles. The van der Waals surface area contributed by atoms with E-state index in [-0.39, 0.29) is 5.69 Å². The van der Waals surface area contributed by atoms with Crippen LogP contribution in [0.15, 0.2) is 48.5 Å². The summed E-state index contributed by atoms with van der Waals surface area (Å²) in [4.78, 5) is 14.5. The molecule has 0 amide bonds. The molecule has 1 heterocycles. The van der Waals surface area contributed by atoms with Gasteiger partial charge in [-0.05, 0) is 23.2 Å². The summed E-state index contributed by atoms with van der Waals surface area (Å²) < 4.78 is 1.83. The molecule has 0 N–H and O–H groups in total. The Bertz CT molecular complexity index is 784. The summed E-state index contributed by atoms with van der Waals surface area (Å²) in [7, 11) is 0.